The van der Waals surface area contributed by atoms with Crippen molar-refractivity contribution in [2.75, 3.05) is 6.61 Å². The molecule has 1 amide bonds. The van der Waals surface area contributed by atoms with Gasteiger partial charge in [0, 0.05) is 11.6 Å². The quantitative estimate of drug-likeness (QED) is 0.787. The summed E-state index contributed by atoms with van der Waals surface area (Å²) in [6.07, 6.45) is 0. The Bertz CT molecular complexity index is 361. The predicted octanol–water partition coefficient (Wildman–Crippen LogP) is 1.41. The molecule has 82 valence electrons. The van der Waals surface area contributed by atoms with E-state index in [1.807, 2.05) is 26.0 Å². The van der Waals surface area contributed by atoms with Gasteiger partial charge >= 0.3 is 0 Å². The third kappa shape index (κ3) is 2.80. The van der Waals surface area contributed by atoms with Crippen LogP contribution in [0.2, 0.25) is 0 Å². The molecule has 15 heavy (non-hydrogen) atoms. The molecule has 0 aromatic heterocycles. The number of carbonyl (C=O) groups excluding carboxylic acids is 1. The molecule has 0 saturated heterocycles. The molecular formula is C12H17NO2. The Morgan fingerprint density at radius 2 is 2.13 bits per heavy atom. The molecule has 1 rings (SSSR count). The van der Waals surface area contributed by atoms with Crippen molar-refractivity contribution in [2.24, 2.45) is 0 Å². The van der Waals surface area contributed by atoms with Gasteiger partial charge < -0.3 is 10.4 Å². The van der Waals surface area contributed by atoms with Crippen LogP contribution >= 0.6 is 0 Å². The fourth-order valence-electron chi connectivity index (χ4n) is 1.34. The first-order valence-electron chi connectivity index (χ1n) is 5.04. The van der Waals surface area contributed by atoms with Gasteiger partial charge in [0.2, 0.25) is 0 Å². The van der Waals surface area contributed by atoms with Crippen molar-refractivity contribution in [2.45, 2.75) is 26.8 Å². The Kier molecular flexibility index (Phi) is 3.86. The molecule has 1 aromatic rings. The lowest BCUT2D eigenvalue weighted by atomic mass is 10.0. The molecule has 2 N–H and O–H groups in total. The summed E-state index contributed by atoms with van der Waals surface area (Å²) in [5, 5.41) is 11.6. The van der Waals surface area contributed by atoms with Crippen LogP contribution in [0.15, 0.2) is 18.2 Å². The van der Waals surface area contributed by atoms with Crippen molar-refractivity contribution < 1.29 is 9.90 Å². The normalized spacial score (nSPS) is 12.3. The molecule has 0 fully saturated rings. The maximum absolute atomic E-state index is 11.8. The van der Waals surface area contributed by atoms with Gasteiger partial charge in [0.05, 0.1) is 6.61 Å². The summed E-state index contributed by atoms with van der Waals surface area (Å²) in [6.45, 7) is 5.62. The molecule has 1 unspecified atom stereocenters. The van der Waals surface area contributed by atoms with Crippen LogP contribution in [0.3, 0.4) is 0 Å². The maximum atomic E-state index is 11.8. The van der Waals surface area contributed by atoms with Crippen molar-refractivity contribution >= 4 is 5.91 Å². The summed E-state index contributed by atoms with van der Waals surface area (Å²) < 4.78 is 0. The number of hydrogen-bond donors (Lipinski definition) is 2. The number of aryl methyl sites for hydroxylation is 1. The van der Waals surface area contributed by atoms with Gasteiger partial charge in [0.25, 0.3) is 5.91 Å². The Morgan fingerprint density at radius 3 is 2.73 bits per heavy atom. The van der Waals surface area contributed by atoms with Gasteiger partial charge in [-0.15, -0.1) is 0 Å². The summed E-state index contributed by atoms with van der Waals surface area (Å²) >= 11 is 0. The van der Waals surface area contributed by atoms with E-state index in [-0.39, 0.29) is 18.6 Å². The highest BCUT2D eigenvalue weighted by Crippen LogP contribution is 2.12. The smallest absolute Gasteiger partial charge is 0.251 e. The van der Waals surface area contributed by atoms with E-state index in [0.29, 0.717) is 5.56 Å². The van der Waals surface area contributed by atoms with Crippen LogP contribution < -0.4 is 5.32 Å². The van der Waals surface area contributed by atoms with Crippen LogP contribution in [-0.2, 0) is 0 Å². The average molecular weight is 207 g/mol. The maximum Gasteiger partial charge on any atom is 0.251 e. The summed E-state index contributed by atoms with van der Waals surface area (Å²) in [5.74, 6) is -0.127. The minimum absolute atomic E-state index is 0.0450. The van der Waals surface area contributed by atoms with Crippen molar-refractivity contribution in [3.8, 4) is 0 Å². The molecule has 0 spiro atoms. The van der Waals surface area contributed by atoms with Gasteiger partial charge in [-0.25, -0.2) is 0 Å². The standard InChI is InChI=1S/C12H17NO2/c1-8-5-4-6-11(10(8)3)12(15)13-9(2)7-14/h4-6,9,14H,7H2,1-3H3,(H,13,15). The van der Waals surface area contributed by atoms with Gasteiger partial charge in [0.15, 0.2) is 0 Å². The van der Waals surface area contributed by atoms with Crippen LogP contribution in [0.4, 0.5) is 0 Å². The summed E-state index contributed by atoms with van der Waals surface area (Å²) in [5.41, 5.74) is 2.76. The Hall–Kier alpha value is -1.35. The molecule has 3 heteroatoms. The first kappa shape index (κ1) is 11.7. The molecule has 1 aromatic carbocycles. The van der Waals surface area contributed by atoms with E-state index >= 15 is 0 Å². The van der Waals surface area contributed by atoms with E-state index in [4.69, 9.17) is 5.11 Å². The lowest BCUT2D eigenvalue weighted by Gasteiger charge is -2.13. The van der Waals surface area contributed by atoms with Crippen LogP contribution in [0.1, 0.15) is 28.4 Å². The number of aliphatic hydroxyl groups excluding tert-OH is 1. The molecule has 0 heterocycles. The van der Waals surface area contributed by atoms with Gasteiger partial charge in [0.1, 0.15) is 0 Å². The lowest BCUT2D eigenvalue weighted by molar-refractivity contribution is 0.0921. The van der Waals surface area contributed by atoms with Gasteiger partial charge in [-0.05, 0) is 38.0 Å². The molecule has 0 aliphatic rings. The van der Waals surface area contributed by atoms with Crippen LogP contribution in [0, 0.1) is 13.8 Å². The lowest BCUT2D eigenvalue weighted by Crippen LogP contribution is -2.35. The monoisotopic (exact) mass is 207 g/mol. The Labute approximate surface area is 90.1 Å². The summed E-state index contributed by atoms with van der Waals surface area (Å²) in [6, 6.07) is 5.42. The molecule has 0 aliphatic heterocycles. The van der Waals surface area contributed by atoms with Gasteiger partial charge in [-0.1, -0.05) is 12.1 Å². The van der Waals surface area contributed by atoms with Gasteiger partial charge in [-0.3, -0.25) is 4.79 Å². The zero-order chi connectivity index (χ0) is 11.4. The second-order valence-corrected chi connectivity index (χ2v) is 3.80. The number of carbonyl (C=O) groups is 1. The van der Waals surface area contributed by atoms with Crippen molar-refractivity contribution in [3.05, 3.63) is 34.9 Å². The average Bonchev–Trinajstić information content (AvgIpc) is 2.21. The largest absolute Gasteiger partial charge is 0.394 e. The number of aliphatic hydroxyl groups is 1. The number of hydrogen-bond acceptors (Lipinski definition) is 2. The SMILES string of the molecule is Cc1cccc(C(=O)NC(C)CO)c1C. The van der Waals surface area contributed by atoms with E-state index in [1.165, 1.54) is 0 Å². The van der Waals surface area contributed by atoms with Crippen LogP contribution in [-0.4, -0.2) is 23.7 Å². The zero-order valence-corrected chi connectivity index (χ0v) is 9.37. The minimum Gasteiger partial charge on any atom is -0.394 e. The predicted molar refractivity (Wildman–Crippen MR) is 59.9 cm³/mol. The molecule has 1 atom stereocenters. The Balaban J connectivity index is 2.87. The van der Waals surface area contributed by atoms with E-state index in [9.17, 15) is 4.79 Å². The number of benzene rings is 1. The van der Waals surface area contributed by atoms with Crippen molar-refractivity contribution in [1.29, 1.82) is 0 Å². The van der Waals surface area contributed by atoms with Gasteiger partial charge in [-0.2, -0.15) is 0 Å². The van der Waals surface area contributed by atoms with E-state index in [0.717, 1.165) is 11.1 Å². The zero-order valence-electron chi connectivity index (χ0n) is 9.37. The fourth-order valence-corrected chi connectivity index (χ4v) is 1.34. The number of amides is 1. The number of rotatable bonds is 3. The van der Waals surface area contributed by atoms with Crippen molar-refractivity contribution in [1.82, 2.24) is 5.32 Å². The minimum atomic E-state index is -0.211. The summed E-state index contributed by atoms with van der Waals surface area (Å²) in [7, 11) is 0. The molecule has 0 radical (unpaired) electrons. The fraction of sp³-hybridized carbons (Fsp3) is 0.417. The second-order valence-electron chi connectivity index (χ2n) is 3.80. The third-order valence-corrected chi connectivity index (χ3v) is 2.50. The van der Waals surface area contributed by atoms with E-state index in [2.05, 4.69) is 5.32 Å². The third-order valence-electron chi connectivity index (χ3n) is 2.50. The highest BCUT2D eigenvalue weighted by Gasteiger charge is 2.11. The summed E-state index contributed by atoms with van der Waals surface area (Å²) in [4.78, 5) is 11.8. The molecule has 3 nitrogen and oxygen atoms in total. The first-order chi connectivity index (χ1) is 7.06. The number of nitrogens with one attached hydrogen (secondary N) is 1. The molecule has 0 saturated carbocycles. The second kappa shape index (κ2) is 4.94. The first-order valence-corrected chi connectivity index (χ1v) is 5.04. The van der Waals surface area contributed by atoms with Crippen LogP contribution in [0.5, 0.6) is 0 Å². The Morgan fingerprint density at radius 1 is 1.47 bits per heavy atom. The molecule has 0 bridgehead atoms. The van der Waals surface area contributed by atoms with Crippen molar-refractivity contribution in [3.63, 3.8) is 0 Å². The topological polar surface area (TPSA) is 49.3 Å². The van der Waals surface area contributed by atoms with Crippen LogP contribution in [0.25, 0.3) is 0 Å². The van der Waals surface area contributed by atoms with E-state index in [1.54, 1.807) is 13.0 Å². The molecular weight excluding hydrogens is 190 g/mol. The highest BCUT2D eigenvalue weighted by atomic mass is 16.3. The highest BCUT2D eigenvalue weighted by molar-refractivity contribution is 5.96. The van der Waals surface area contributed by atoms with E-state index < -0.39 is 0 Å². The molecule has 0 aliphatic carbocycles.